The van der Waals surface area contributed by atoms with Gasteiger partial charge in [-0.15, -0.1) is 0 Å². The van der Waals surface area contributed by atoms with Crippen molar-refractivity contribution in [3.05, 3.63) is 0 Å². The van der Waals surface area contributed by atoms with E-state index in [4.69, 9.17) is 0 Å². The molecule has 0 aromatic heterocycles. The molecular weight excluding hydrogens is 207 g/mol. The Balaban J connectivity index is 0. The second kappa shape index (κ2) is 22.0. The number of hydrogen-bond donors (Lipinski definition) is 0. The molecule has 0 aliphatic heterocycles. The molecule has 0 unspecified atom stereocenters. The van der Waals surface area contributed by atoms with Crippen LogP contribution in [0.1, 0.15) is 1.43 Å². The van der Waals surface area contributed by atoms with Crippen molar-refractivity contribution in [3.63, 3.8) is 0 Å². The molecule has 0 bridgehead atoms. The Kier molecular flexibility index (Phi) is 235. The minimum Gasteiger partial charge on any atom is -1.00 e. The monoisotopic (exact) mass is 212 g/mol. The first-order chi connectivity index (χ1) is 0. The van der Waals surface area contributed by atoms with Gasteiger partial charge in [0.2, 0.25) is 0 Å². The summed E-state index contributed by atoms with van der Waals surface area (Å²) in [5.41, 5.74) is 0. The van der Waals surface area contributed by atoms with Crippen LogP contribution in [0, 0.1) is 38.2 Å². The van der Waals surface area contributed by atoms with Crippen LogP contribution in [0.2, 0.25) is 0 Å². The molecule has 0 nitrogen and oxygen atoms in total. The van der Waals surface area contributed by atoms with Gasteiger partial charge >= 0.3 is 18.9 Å². The van der Waals surface area contributed by atoms with E-state index in [0.717, 1.165) is 0 Å². The molecule has 0 rings (SSSR count). The predicted octanol–water partition coefficient (Wildman–Crippen LogP) is -2.58. The van der Waals surface area contributed by atoms with Crippen LogP contribution in [0.5, 0.6) is 0 Å². The number of halogens is 2. The average molecular weight is 210 g/mol. The van der Waals surface area contributed by atoms with Crippen molar-refractivity contribution < 1.29 is 67.9 Å². The average Bonchev–Trinajstić information content (AvgIpc) is 0. The Morgan fingerprint density at radius 3 is 1.00 bits per heavy atom. The minimum absolute atomic E-state index is 0. The van der Waals surface area contributed by atoms with Crippen molar-refractivity contribution in [2.24, 2.45) is 0 Å². The summed E-state index contributed by atoms with van der Waals surface area (Å²) < 4.78 is 0. The summed E-state index contributed by atoms with van der Waals surface area (Å²) in [6.07, 6.45) is 0. The van der Waals surface area contributed by atoms with Gasteiger partial charge in [0.1, 0.15) is 0 Å². The van der Waals surface area contributed by atoms with Gasteiger partial charge in [-0.1, -0.05) is 0 Å². The molecule has 0 saturated carbocycles. The molecule has 0 radical (unpaired) electrons. The molecule has 0 aliphatic carbocycles. The standard InChI is InChI=1S/Dy.2FH.Li.H/h;2*1H;;/q;;;+1;-1. The zero-order valence-electron chi connectivity index (χ0n) is 3.13. The molecule has 28 valence electrons. The third-order valence-corrected chi connectivity index (χ3v) is 0. The largest absolute Gasteiger partial charge is 1.00 e. The van der Waals surface area contributed by atoms with E-state index in [0.29, 0.717) is 0 Å². The molecule has 0 saturated heterocycles. The van der Waals surface area contributed by atoms with Gasteiger partial charge in [-0.3, -0.25) is 9.41 Å². The molecule has 0 heterocycles. The predicted molar refractivity (Wildman–Crippen MR) is 6.12 cm³/mol. The van der Waals surface area contributed by atoms with Crippen molar-refractivity contribution >= 4 is 0 Å². The van der Waals surface area contributed by atoms with Crippen molar-refractivity contribution in [1.29, 1.82) is 0 Å². The van der Waals surface area contributed by atoms with E-state index in [-0.39, 0.29) is 67.9 Å². The van der Waals surface area contributed by atoms with Gasteiger partial charge in [0.05, 0.1) is 0 Å². The van der Waals surface area contributed by atoms with Crippen molar-refractivity contribution in [2.75, 3.05) is 0 Å². The van der Waals surface area contributed by atoms with Crippen LogP contribution in [0.4, 0.5) is 9.41 Å². The maximum Gasteiger partial charge on any atom is 1.00 e. The van der Waals surface area contributed by atoms with Crippen molar-refractivity contribution in [1.82, 2.24) is 0 Å². The SMILES string of the molecule is F.F.[Dy].[H-].[Li+]. The summed E-state index contributed by atoms with van der Waals surface area (Å²) in [7, 11) is 0. The van der Waals surface area contributed by atoms with Gasteiger partial charge in [0, 0.05) is 38.2 Å². The number of rotatable bonds is 0. The molecule has 0 N–H and O–H groups in total. The zero-order chi connectivity index (χ0) is 0. The van der Waals surface area contributed by atoms with Crippen LogP contribution in [0.3, 0.4) is 0 Å². The van der Waals surface area contributed by atoms with Crippen LogP contribution < -0.4 is 18.9 Å². The Morgan fingerprint density at radius 2 is 1.00 bits per heavy atom. The van der Waals surface area contributed by atoms with Crippen LogP contribution in [0.15, 0.2) is 0 Å². The fourth-order valence-corrected chi connectivity index (χ4v) is 0. The van der Waals surface area contributed by atoms with E-state index >= 15 is 0 Å². The molecule has 0 fully saturated rings. The third-order valence-electron chi connectivity index (χ3n) is 0. The maximum atomic E-state index is 0. The van der Waals surface area contributed by atoms with E-state index in [9.17, 15) is 0 Å². The molecule has 0 amide bonds. The Morgan fingerprint density at radius 1 is 1.00 bits per heavy atom. The van der Waals surface area contributed by atoms with Gasteiger partial charge < -0.3 is 1.43 Å². The topological polar surface area (TPSA) is 0 Å². The van der Waals surface area contributed by atoms with Gasteiger partial charge in [-0.25, -0.2) is 0 Å². The molecule has 0 aromatic carbocycles. The molecule has 4 heteroatoms. The van der Waals surface area contributed by atoms with E-state index in [1.807, 2.05) is 0 Å². The van der Waals surface area contributed by atoms with Crippen LogP contribution in [-0.2, 0) is 0 Å². The maximum absolute atomic E-state index is 0. The summed E-state index contributed by atoms with van der Waals surface area (Å²) in [6.45, 7) is 0. The Bertz CT molecular complexity index is 9.61. The summed E-state index contributed by atoms with van der Waals surface area (Å²) in [5.74, 6) is 0. The number of hydrogen-bond acceptors (Lipinski definition) is 0. The quantitative estimate of drug-likeness (QED) is 0.386. The van der Waals surface area contributed by atoms with Gasteiger partial charge in [-0.05, 0) is 0 Å². The molecular formula is H3DyF2Li. The van der Waals surface area contributed by atoms with Crippen LogP contribution >= 0.6 is 0 Å². The normalized spacial score (nSPS) is 0. The summed E-state index contributed by atoms with van der Waals surface area (Å²) in [4.78, 5) is 0. The van der Waals surface area contributed by atoms with E-state index in [1.165, 1.54) is 0 Å². The third kappa shape index (κ3) is 9.29. The summed E-state index contributed by atoms with van der Waals surface area (Å²) >= 11 is 0. The van der Waals surface area contributed by atoms with Gasteiger partial charge in [0.15, 0.2) is 0 Å². The van der Waals surface area contributed by atoms with E-state index < -0.39 is 0 Å². The smallest absolute Gasteiger partial charge is 1.00 e. The fraction of sp³-hybridized carbons (Fsp3) is 0. The first kappa shape index (κ1) is 42.8. The molecule has 4 heavy (non-hydrogen) atoms. The van der Waals surface area contributed by atoms with Gasteiger partial charge in [-0.2, -0.15) is 0 Å². The first-order valence-corrected chi connectivity index (χ1v) is 0. The van der Waals surface area contributed by atoms with E-state index in [1.54, 1.807) is 0 Å². The van der Waals surface area contributed by atoms with Crippen LogP contribution in [0.25, 0.3) is 0 Å². The molecule has 0 spiro atoms. The second-order valence-corrected chi connectivity index (χ2v) is 0. The second-order valence-electron chi connectivity index (χ2n) is 0. The minimum atomic E-state index is 0. The molecule has 0 aliphatic rings. The molecule has 0 aromatic rings. The van der Waals surface area contributed by atoms with Crippen molar-refractivity contribution in [3.8, 4) is 0 Å². The van der Waals surface area contributed by atoms with E-state index in [2.05, 4.69) is 0 Å². The van der Waals surface area contributed by atoms with Crippen molar-refractivity contribution in [2.45, 2.75) is 0 Å². The summed E-state index contributed by atoms with van der Waals surface area (Å²) in [6, 6.07) is 0. The first-order valence-electron chi connectivity index (χ1n) is 0. The zero-order valence-corrected chi connectivity index (χ0v) is 4.16. The Labute approximate surface area is 67.1 Å². The fourth-order valence-electron chi connectivity index (χ4n) is 0. The summed E-state index contributed by atoms with van der Waals surface area (Å²) in [5, 5.41) is 0. The van der Waals surface area contributed by atoms with Gasteiger partial charge in [0.25, 0.3) is 0 Å². The molecule has 0 atom stereocenters. The van der Waals surface area contributed by atoms with Crippen LogP contribution in [-0.4, -0.2) is 0 Å². The Hall–Kier alpha value is 1.73.